The monoisotopic (exact) mass is 214 g/mol. The van der Waals surface area contributed by atoms with E-state index in [0.717, 1.165) is 0 Å². The van der Waals surface area contributed by atoms with Crippen LogP contribution in [0.4, 0.5) is 0 Å². The van der Waals surface area contributed by atoms with Crippen molar-refractivity contribution in [2.24, 2.45) is 0 Å². The zero-order valence-electron chi connectivity index (χ0n) is 8.62. The third-order valence-electron chi connectivity index (χ3n) is 1.79. The molecule has 0 amide bonds. The first-order valence-electron chi connectivity index (χ1n) is 4.66. The van der Waals surface area contributed by atoms with E-state index in [4.69, 9.17) is 5.11 Å². The molecule has 0 aromatic rings. The fourth-order valence-electron chi connectivity index (χ4n) is 0.976. The number of carbonyl (C=O) groups excluding carboxylic acids is 3. The third kappa shape index (κ3) is 8.80. The maximum Gasteiger partial charge on any atom is 0.310 e. The van der Waals surface area contributed by atoms with Crippen LogP contribution in [0.5, 0.6) is 0 Å². The van der Waals surface area contributed by atoms with Gasteiger partial charge in [-0.2, -0.15) is 0 Å². The maximum absolute atomic E-state index is 11.1. The van der Waals surface area contributed by atoms with Crippen LogP contribution in [0.1, 0.15) is 39.0 Å². The molecule has 0 heterocycles. The van der Waals surface area contributed by atoms with E-state index in [0.29, 0.717) is 0 Å². The van der Waals surface area contributed by atoms with E-state index in [1.54, 1.807) is 0 Å². The van der Waals surface area contributed by atoms with E-state index in [1.165, 1.54) is 6.92 Å². The Hall–Kier alpha value is -1.52. The van der Waals surface area contributed by atoms with Gasteiger partial charge in [0.15, 0.2) is 0 Å². The van der Waals surface area contributed by atoms with Crippen LogP contribution in [0.25, 0.3) is 0 Å². The van der Waals surface area contributed by atoms with Crippen LogP contribution in [0.3, 0.4) is 0 Å². The molecule has 0 saturated heterocycles. The molecule has 0 bridgehead atoms. The van der Waals surface area contributed by atoms with Gasteiger partial charge in [0, 0.05) is 25.7 Å². The zero-order chi connectivity index (χ0) is 11.8. The van der Waals surface area contributed by atoms with Crippen molar-refractivity contribution in [1.82, 2.24) is 0 Å². The minimum atomic E-state index is -1.18. The average molecular weight is 214 g/mol. The molecule has 0 radical (unpaired) electrons. The topological polar surface area (TPSA) is 88.5 Å². The highest BCUT2D eigenvalue weighted by Gasteiger charge is 2.10. The van der Waals surface area contributed by atoms with Crippen molar-refractivity contribution >= 4 is 23.3 Å². The average Bonchev–Trinajstić information content (AvgIpc) is 2.10. The Morgan fingerprint density at radius 1 is 0.867 bits per heavy atom. The Balaban J connectivity index is 3.66. The Kier molecular flexibility index (Phi) is 6.17. The van der Waals surface area contributed by atoms with Gasteiger partial charge in [-0.05, 0) is 6.92 Å². The molecule has 0 spiro atoms. The molecule has 0 fully saturated rings. The molecule has 0 saturated carbocycles. The summed E-state index contributed by atoms with van der Waals surface area (Å²) in [7, 11) is 0. The maximum atomic E-state index is 11.1. The Bertz CT molecular complexity index is 280. The van der Waals surface area contributed by atoms with E-state index in [9.17, 15) is 19.2 Å². The highest BCUT2D eigenvalue weighted by Crippen LogP contribution is 2.02. The summed E-state index contributed by atoms with van der Waals surface area (Å²) in [6, 6.07) is 0. The largest absolute Gasteiger partial charge is 0.481 e. The minimum Gasteiger partial charge on any atom is -0.481 e. The molecule has 0 aliphatic carbocycles. The van der Waals surface area contributed by atoms with Gasteiger partial charge in [0.1, 0.15) is 23.8 Å². The van der Waals surface area contributed by atoms with Crippen LogP contribution in [-0.2, 0) is 19.2 Å². The molecule has 0 aromatic carbocycles. The molecule has 0 unspecified atom stereocenters. The lowest BCUT2D eigenvalue weighted by atomic mass is 10.1. The number of carboxylic acid groups (broad SMARTS) is 1. The fourth-order valence-corrected chi connectivity index (χ4v) is 0.976. The molecule has 0 aromatic heterocycles. The Morgan fingerprint density at radius 2 is 1.33 bits per heavy atom. The van der Waals surface area contributed by atoms with Crippen LogP contribution in [0, 0.1) is 0 Å². The number of aliphatic carboxylic acids is 1. The van der Waals surface area contributed by atoms with Gasteiger partial charge < -0.3 is 9.90 Å². The minimum absolute atomic E-state index is 0.0272. The van der Waals surface area contributed by atoms with Crippen LogP contribution < -0.4 is 0 Å². The first kappa shape index (κ1) is 13.5. The summed E-state index contributed by atoms with van der Waals surface area (Å²) >= 11 is 0. The van der Waals surface area contributed by atoms with Crippen molar-refractivity contribution in [1.29, 1.82) is 0 Å². The van der Waals surface area contributed by atoms with E-state index in [1.807, 2.05) is 0 Å². The number of rotatable bonds is 8. The second-order valence-corrected chi connectivity index (χ2v) is 3.35. The SMILES string of the molecule is CC(=O)CCC(=O)CCC(=O)CC(=O)O. The normalized spacial score (nSPS) is 9.67. The second-order valence-electron chi connectivity index (χ2n) is 3.35. The van der Waals surface area contributed by atoms with Gasteiger partial charge in [-0.3, -0.25) is 14.4 Å². The number of Topliss-reactive ketones (excluding diaryl/α,β-unsaturated/α-hetero) is 3. The van der Waals surface area contributed by atoms with Crippen LogP contribution in [-0.4, -0.2) is 28.4 Å². The molecule has 0 aliphatic heterocycles. The van der Waals surface area contributed by atoms with Crippen LogP contribution in [0.15, 0.2) is 0 Å². The van der Waals surface area contributed by atoms with Crippen molar-refractivity contribution in [2.75, 3.05) is 0 Å². The van der Waals surface area contributed by atoms with Crippen molar-refractivity contribution in [3.05, 3.63) is 0 Å². The molecule has 84 valence electrons. The fraction of sp³-hybridized carbons (Fsp3) is 0.600. The number of carbonyl (C=O) groups is 4. The highest BCUT2D eigenvalue weighted by atomic mass is 16.4. The van der Waals surface area contributed by atoms with E-state index >= 15 is 0 Å². The lowest BCUT2D eigenvalue weighted by Crippen LogP contribution is -2.09. The van der Waals surface area contributed by atoms with Crippen LogP contribution in [0.2, 0.25) is 0 Å². The molecule has 5 heteroatoms. The summed E-state index contributed by atoms with van der Waals surface area (Å²) in [5.74, 6) is -1.89. The third-order valence-corrected chi connectivity index (χ3v) is 1.79. The van der Waals surface area contributed by atoms with Gasteiger partial charge in [0.05, 0.1) is 0 Å². The summed E-state index contributed by atoms with van der Waals surface area (Å²) in [6.07, 6.45) is -0.246. The van der Waals surface area contributed by atoms with Crippen LogP contribution >= 0.6 is 0 Å². The summed E-state index contributed by atoms with van der Waals surface area (Å²) in [5.41, 5.74) is 0. The lowest BCUT2D eigenvalue weighted by molar-refractivity contribution is -0.140. The van der Waals surface area contributed by atoms with Gasteiger partial charge >= 0.3 is 5.97 Å². The summed E-state index contributed by atoms with van der Waals surface area (Å²) < 4.78 is 0. The molecule has 0 atom stereocenters. The van der Waals surface area contributed by atoms with Gasteiger partial charge in [0.25, 0.3) is 0 Å². The standard InChI is InChI=1S/C10H14O5/c1-7(11)2-3-8(12)4-5-9(13)6-10(14)15/h2-6H2,1H3,(H,14,15). The second kappa shape index (κ2) is 6.86. The number of hydrogen-bond donors (Lipinski definition) is 1. The summed E-state index contributed by atoms with van der Waals surface area (Å²) in [5, 5.41) is 8.27. The van der Waals surface area contributed by atoms with Gasteiger partial charge in [-0.15, -0.1) is 0 Å². The Labute approximate surface area is 87.5 Å². The molecule has 5 nitrogen and oxygen atoms in total. The zero-order valence-corrected chi connectivity index (χ0v) is 8.62. The van der Waals surface area contributed by atoms with Gasteiger partial charge in [-0.1, -0.05) is 0 Å². The first-order chi connectivity index (χ1) is 6.91. The predicted octanol–water partition coefficient (Wildman–Crippen LogP) is 0.749. The number of carboxylic acids is 1. The molecule has 15 heavy (non-hydrogen) atoms. The summed E-state index contributed by atoms with van der Waals surface area (Å²) in [4.78, 5) is 42.6. The predicted molar refractivity (Wildman–Crippen MR) is 51.4 cm³/mol. The lowest BCUT2D eigenvalue weighted by Gasteiger charge is -1.98. The number of ketones is 3. The van der Waals surface area contributed by atoms with Gasteiger partial charge in [0.2, 0.25) is 0 Å². The quantitative estimate of drug-likeness (QED) is 0.602. The first-order valence-corrected chi connectivity index (χ1v) is 4.66. The molecule has 1 N–H and O–H groups in total. The molecular formula is C10H14O5. The van der Waals surface area contributed by atoms with Crippen molar-refractivity contribution in [2.45, 2.75) is 39.0 Å². The summed E-state index contributed by atoms with van der Waals surface area (Å²) in [6.45, 7) is 1.39. The van der Waals surface area contributed by atoms with E-state index in [-0.39, 0.29) is 37.2 Å². The van der Waals surface area contributed by atoms with Crippen molar-refractivity contribution in [3.63, 3.8) is 0 Å². The van der Waals surface area contributed by atoms with Crippen molar-refractivity contribution in [3.8, 4) is 0 Å². The Morgan fingerprint density at radius 3 is 1.80 bits per heavy atom. The van der Waals surface area contributed by atoms with E-state index < -0.39 is 18.2 Å². The molecular weight excluding hydrogens is 200 g/mol. The highest BCUT2D eigenvalue weighted by molar-refractivity contribution is 5.96. The molecule has 0 aliphatic rings. The number of hydrogen-bond acceptors (Lipinski definition) is 4. The smallest absolute Gasteiger partial charge is 0.310 e. The van der Waals surface area contributed by atoms with Gasteiger partial charge in [-0.25, -0.2) is 0 Å². The molecule has 0 rings (SSSR count). The van der Waals surface area contributed by atoms with Crippen molar-refractivity contribution < 1.29 is 24.3 Å². The van der Waals surface area contributed by atoms with E-state index in [2.05, 4.69) is 0 Å².